The van der Waals surface area contributed by atoms with Crippen molar-refractivity contribution in [1.29, 1.82) is 0 Å². The fourth-order valence-corrected chi connectivity index (χ4v) is 3.65. The number of aryl methyl sites for hydroxylation is 2. The van der Waals surface area contributed by atoms with Gasteiger partial charge >= 0.3 is 5.69 Å². The molecule has 1 heterocycles. The lowest BCUT2D eigenvalue weighted by atomic mass is 10.1. The van der Waals surface area contributed by atoms with Crippen LogP contribution in [0.3, 0.4) is 0 Å². The number of carbonyl (C=O) groups excluding carboxylic acids is 1. The number of benzene rings is 2. The van der Waals surface area contributed by atoms with Crippen LogP contribution in [0.2, 0.25) is 0 Å². The van der Waals surface area contributed by atoms with Crippen molar-refractivity contribution < 1.29 is 4.79 Å². The first kappa shape index (κ1) is 24.0. The molecule has 0 spiro atoms. The molecule has 33 heavy (non-hydrogen) atoms. The number of aromatic amines is 1. The molecule has 7 heteroatoms. The van der Waals surface area contributed by atoms with E-state index in [0.29, 0.717) is 25.3 Å². The van der Waals surface area contributed by atoms with E-state index in [2.05, 4.69) is 18.8 Å². The standard InChI is InChI=1S/C26H32N4O3/c1-18(2)15-16-29(22(31)14-13-20-11-9-19(3)10-12-20)23-24(27)30(26(33)28-25(23)32)17-21-7-5-4-6-8-21/h4-12,18H,13-17,27H2,1-3H3,(H,28,32,33). The van der Waals surface area contributed by atoms with Gasteiger partial charge < -0.3 is 10.6 Å². The van der Waals surface area contributed by atoms with Crippen molar-refractivity contribution in [1.82, 2.24) is 9.55 Å². The third-order valence-electron chi connectivity index (χ3n) is 5.65. The Morgan fingerprint density at radius 1 is 1.03 bits per heavy atom. The van der Waals surface area contributed by atoms with Gasteiger partial charge in [-0.3, -0.25) is 19.1 Å². The summed E-state index contributed by atoms with van der Waals surface area (Å²) in [7, 11) is 0. The SMILES string of the molecule is Cc1ccc(CCC(=O)N(CCC(C)C)c2c(N)n(Cc3ccccc3)c(=O)[nH]c2=O)cc1. The minimum Gasteiger partial charge on any atom is -0.383 e. The Balaban J connectivity index is 1.94. The van der Waals surface area contributed by atoms with Gasteiger partial charge in [0.05, 0.1) is 6.54 Å². The smallest absolute Gasteiger partial charge is 0.330 e. The lowest BCUT2D eigenvalue weighted by molar-refractivity contribution is -0.118. The molecule has 7 nitrogen and oxygen atoms in total. The van der Waals surface area contributed by atoms with E-state index in [-0.39, 0.29) is 30.4 Å². The first-order valence-electron chi connectivity index (χ1n) is 11.3. The van der Waals surface area contributed by atoms with Crippen molar-refractivity contribution in [3.05, 3.63) is 92.1 Å². The Bertz CT molecular complexity index is 1190. The Kier molecular flexibility index (Phi) is 7.87. The summed E-state index contributed by atoms with van der Waals surface area (Å²) in [5.74, 6) is 0.131. The molecule has 1 amide bonds. The fourth-order valence-electron chi connectivity index (χ4n) is 3.65. The number of carbonyl (C=O) groups is 1. The van der Waals surface area contributed by atoms with Gasteiger partial charge in [-0.25, -0.2) is 4.79 Å². The highest BCUT2D eigenvalue weighted by Gasteiger charge is 2.24. The number of hydrogen-bond acceptors (Lipinski definition) is 4. The molecule has 2 aromatic carbocycles. The van der Waals surface area contributed by atoms with E-state index >= 15 is 0 Å². The quantitative estimate of drug-likeness (QED) is 0.523. The summed E-state index contributed by atoms with van der Waals surface area (Å²) in [6, 6.07) is 17.4. The van der Waals surface area contributed by atoms with Crippen LogP contribution in [0.5, 0.6) is 0 Å². The maximum atomic E-state index is 13.3. The van der Waals surface area contributed by atoms with Crippen LogP contribution >= 0.6 is 0 Å². The van der Waals surface area contributed by atoms with Gasteiger partial charge in [0.2, 0.25) is 5.91 Å². The number of H-pyrrole nitrogens is 1. The van der Waals surface area contributed by atoms with Gasteiger partial charge in [0.25, 0.3) is 5.56 Å². The third-order valence-corrected chi connectivity index (χ3v) is 5.65. The fraction of sp³-hybridized carbons (Fsp3) is 0.346. The molecule has 0 aliphatic heterocycles. The van der Waals surface area contributed by atoms with E-state index < -0.39 is 11.2 Å². The molecule has 0 atom stereocenters. The van der Waals surface area contributed by atoms with Crippen molar-refractivity contribution >= 4 is 17.4 Å². The molecule has 0 saturated carbocycles. The van der Waals surface area contributed by atoms with Crippen LogP contribution in [0, 0.1) is 12.8 Å². The number of nitrogens with zero attached hydrogens (tertiary/aromatic N) is 2. The molecule has 0 aliphatic carbocycles. The largest absolute Gasteiger partial charge is 0.383 e. The van der Waals surface area contributed by atoms with Crippen molar-refractivity contribution in [2.45, 2.75) is 46.6 Å². The van der Waals surface area contributed by atoms with Crippen LogP contribution < -0.4 is 21.9 Å². The second-order valence-corrected chi connectivity index (χ2v) is 8.78. The highest BCUT2D eigenvalue weighted by atomic mass is 16.2. The molecule has 174 valence electrons. The number of nitrogens with two attached hydrogens (primary N) is 1. The second kappa shape index (κ2) is 10.8. The molecule has 0 fully saturated rings. The molecule has 3 N–H and O–H groups in total. The molecular formula is C26H32N4O3. The minimum absolute atomic E-state index is 0.0000417. The summed E-state index contributed by atoms with van der Waals surface area (Å²) >= 11 is 0. The van der Waals surface area contributed by atoms with Gasteiger partial charge in [-0.2, -0.15) is 0 Å². The lowest BCUT2D eigenvalue weighted by Crippen LogP contribution is -2.42. The zero-order valence-corrected chi connectivity index (χ0v) is 19.5. The molecule has 1 aromatic heterocycles. The zero-order valence-electron chi connectivity index (χ0n) is 19.5. The summed E-state index contributed by atoms with van der Waals surface area (Å²) in [6.07, 6.45) is 1.49. The highest BCUT2D eigenvalue weighted by molar-refractivity contribution is 5.95. The Hall–Kier alpha value is -3.61. The summed E-state index contributed by atoms with van der Waals surface area (Å²) in [5.41, 5.74) is 8.22. The average molecular weight is 449 g/mol. The van der Waals surface area contributed by atoms with E-state index in [1.807, 2.05) is 61.5 Å². The van der Waals surface area contributed by atoms with Gasteiger partial charge in [-0.1, -0.05) is 74.0 Å². The minimum atomic E-state index is -0.644. The zero-order chi connectivity index (χ0) is 24.0. The molecule has 0 aliphatic rings. The number of nitrogen functional groups attached to an aromatic ring is 1. The van der Waals surface area contributed by atoms with Crippen LogP contribution in [0.25, 0.3) is 0 Å². The van der Waals surface area contributed by atoms with E-state index in [1.54, 1.807) is 0 Å². The van der Waals surface area contributed by atoms with Gasteiger partial charge in [0.15, 0.2) is 5.69 Å². The van der Waals surface area contributed by atoms with Gasteiger partial charge in [0, 0.05) is 13.0 Å². The third kappa shape index (κ3) is 6.22. The van der Waals surface area contributed by atoms with E-state index in [4.69, 9.17) is 5.73 Å². The monoisotopic (exact) mass is 448 g/mol. The normalized spacial score (nSPS) is 11.0. The lowest BCUT2D eigenvalue weighted by Gasteiger charge is -2.25. The van der Waals surface area contributed by atoms with Gasteiger partial charge in [-0.15, -0.1) is 0 Å². The first-order chi connectivity index (χ1) is 15.8. The second-order valence-electron chi connectivity index (χ2n) is 8.78. The van der Waals surface area contributed by atoms with Crippen molar-refractivity contribution in [2.24, 2.45) is 5.92 Å². The Morgan fingerprint density at radius 3 is 2.33 bits per heavy atom. The molecule has 0 radical (unpaired) electrons. The van der Waals surface area contributed by atoms with Crippen LogP contribution in [-0.4, -0.2) is 22.0 Å². The number of amides is 1. The Labute approximate surface area is 193 Å². The van der Waals surface area contributed by atoms with E-state index in [0.717, 1.165) is 16.7 Å². The van der Waals surface area contributed by atoms with Gasteiger partial charge in [0.1, 0.15) is 5.82 Å². The van der Waals surface area contributed by atoms with Crippen LogP contribution in [0.15, 0.2) is 64.2 Å². The molecule has 0 unspecified atom stereocenters. The number of nitrogens with one attached hydrogen (secondary N) is 1. The van der Waals surface area contributed by atoms with Crippen LogP contribution in [-0.2, 0) is 17.8 Å². The molecule has 0 bridgehead atoms. The summed E-state index contributed by atoms with van der Waals surface area (Å²) in [4.78, 5) is 42.4. The molecular weight excluding hydrogens is 416 g/mol. The molecule has 3 aromatic rings. The van der Waals surface area contributed by atoms with E-state index in [9.17, 15) is 14.4 Å². The van der Waals surface area contributed by atoms with Crippen molar-refractivity contribution in [3.8, 4) is 0 Å². The molecule has 0 saturated heterocycles. The van der Waals surface area contributed by atoms with Crippen molar-refractivity contribution in [2.75, 3.05) is 17.2 Å². The van der Waals surface area contributed by atoms with E-state index in [1.165, 1.54) is 9.47 Å². The molecule has 3 rings (SSSR count). The highest BCUT2D eigenvalue weighted by Crippen LogP contribution is 2.21. The maximum absolute atomic E-state index is 13.3. The van der Waals surface area contributed by atoms with Crippen molar-refractivity contribution in [3.63, 3.8) is 0 Å². The van der Waals surface area contributed by atoms with Gasteiger partial charge in [-0.05, 0) is 36.8 Å². The number of anilines is 2. The topological polar surface area (TPSA) is 101 Å². The first-order valence-corrected chi connectivity index (χ1v) is 11.3. The Morgan fingerprint density at radius 2 is 1.70 bits per heavy atom. The summed E-state index contributed by atoms with van der Waals surface area (Å²) in [5, 5.41) is 0. The predicted molar refractivity (Wildman–Crippen MR) is 133 cm³/mol. The van der Waals surface area contributed by atoms with Crippen LogP contribution in [0.1, 0.15) is 43.4 Å². The number of rotatable bonds is 9. The average Bonchev–Trinajstić information content (AvgIpc) is 2.78. The maximum Gasteiger partial charge on any atom is 0.330 e. The number of aromatic nitrogens is 2. The summed E-state index contributed by atoms with van der Waals surface area (Å²) < 4.78 is 1.31. The summed E-state index contributed by atoms with van der Waals surface area (Å²) in [6.45, 7) is 6.67. The number of hydrogen-bond donors (Lipinski definition) is 2. The predicted octanol–water partition coefficient (Wildman–Crippen LogP) is 3.49. The van der Waals surface area contributed by atoms with Crippen LogP contribution in [0.4, 0.5) is 11.5 Å².